The number of piperidine rings is 1. The van der Waals surface area contributed by atoms with Crippen LogP contribution in [0.25, 0.3) is 0 Å². The van der Waals surface area contributed by atoms with Crippen LogP contribution in [-0.4, -0.2) is 71.9 Å². The van der Waals surface area contributed by atoms with Crippen LogP contribution < -0.4 is 10.6 Å². The number of hydrogen-bond donors (Lipinski definition) is 2. The predicted octanol–water partition coefficient (Wildman–Crippen LogP) is 4.50. The fraction of sp³-hybridized carbons (Fsp3) is 0.571. The van der Waals surface area contributed by atoms with Gasteiger partial charge in [-0.3, -0.25) is 9.59 Å². The molecule has 1 aromatic heterocycles. The van der Waals surface area contributed by atoms with E-state index in [1.165, 1.54) is 0 Å². The topological polar surface area (TPSA) is 90.5 Å². The van der Waals surface area contributed by atoms with Gasteiger partial charge in [0.25, 0.3) is 5.91 Å². The van der Waals surface area contributed by atoms with Gasteiger partial charge in [-0.05, 0) is 82.4 Å². The van der Waals surface area contributed by atoms with Crippen molar-refractivity contribution in [2.45, 2.75) is 57.2 Å². The highest BCUT2D eigenvalue weighted by Gasteiger charge is 2.38. The average Bonchev–Trinajstić information content (AvgIpc) is 2.92. The Morgan fingerprint density at radius 1 is 1.08 bits per heavy atom. The summed E-state index contributed by atoms with van der Waals surface area (Å²) in [6.45, 7) is 1.90. The second-order valence-electron chi connectivity index (χ2n) is 10.7. The number of anilines is 2. The van der Waals surface area contributed by atoms with E-state index in [0.717, 1.165) is 45.0 Å². The van der Waals surface area contributed by atoms with Crippen molar-refractivity contribution < 1.29 is 22.8 Å². The minimum absolute atomic E-state index is 0.0350. The lowest BCUT2D eigenvalue weighted by molar-refractivity contribution is -0.138. The zero-order valence-electron chi connectivity index (χ0n) is 22.7. The van der Waals surface area contributed by atoms with Gasteiger partial charge in [-0.25, -0.2) is 9.97 Å². The standard InChI is InChI=1S/C28H37F3N6O2/c1-32-25(38)22-7-5-4-6-19(22)16-24-23(28(29,30)31)17-33-27(35-24)34-20-10-8-18(9-11-20)26(39)37(3)21-12-14-36(2)15-13-21/h8-11,17,19,21-22H,4-7,12-16H2,1-3H3,(H,32,38)(H,33,34,35)/t19-,22-/m0/s1. The molecule has 2 amide bonds. The van der Waals surface area contributed by atoms with Crippen LogP contribution in [0.4, 0.5) is 24.8 Å². The number of alkyl halides is 3. The van der Waals surface area contributed by atoms with Crippen LogP contribution in [0.1, 0.15) is 60.1 Å². The van der Waals surface area contributed by atoms with Crippen molar-refractivity contribution >= 4 is 23.5 Å². The van der Waals surface area contributed by atoms with E-state index >= 15 is 0 Å². The molecule has 2 aliphatic rings. The number of likely N-dealkylation sites (tertiary alicyclic amines) is 1. The van der Waals surface area contributed by atoms with Crippen LogP contribution in [-0.2, 0) is 17.4 Å². The number of hydrogen-bond acceptors (Lipinski definition) is 6. The van der Waals surface area contributed by atoms with Crippen LogP contribution in [0.5, 0.6) is 0 Å². The number of nitrogens with zero attached hydrogens (tertiary/aromatic N) is 4. The first-order chi connectivity index (χ1) is 18.6. The smallest absolute Gasteiger partial charge is 0.359 e. The Bertz CT molecular complexity index is 1150. The molecule has 0 unspecified atom stereocenters. The van der Waals surface area contributed by atoms with Gasteiger partial charge in [0, 0.05) is 43.5 Å². The van der Waals surface area contributed by atoms with Gasteiger partial charge in [0.15, 0.2) is 0 Å². The van der Waals surface area contributed by atoms with Gasteiger partial charge < -0.3 is 20.4 Å². The number of carbonyl (C=O) groups is 2. The van der Waals surface area contributed by atoms with Gasteiger partial charge in [0.2, 0.25) is 11.9 Å². The fourth-order valence-corrected chi connectivity index (χ4v) is 5.68. The third-order valence-electron chi connectivity index (χ3n) is 8.07. The van der Waals surface area contributed by atoms with E-state index in [-0.39, 0.29) is 47.8 Å². The summed E-state index contributed by atoms with van der Waals surface area (Å²) >= 11 is 0. The maximum atomic E-state index is 13.8. The maximum absolute atomic E-state index is 13.8. The summed E-state index contributed by atoms with van der Waals surface area (Å²) in [4.78, 5) is 37.6. The van der Waals surface area contributed by atoms with Crippen LogP contribution in [0.15, 0.2) is 30.5 Å². The summed E-state index contributed by atoms with van der Waals surface area (Å²) in [5, 5.41) is 5.61. The van der Waals surface area contributed by atoms with Crippen molar-refractivity contribution in [1.82, 2.24) is 25.1 Å². The monoisotopic (exact) mass is 546 g/mol. The van der Waals surface area contributed by atoms with Crippen LogP contribution in [0.3, 0.4) is 0 Å². The Labute approximate surface area is 227 Å². The van der Waals surface area contributed by atoms with Crippen molar-refractivity contribution in [2.75, 3.05) is 39.5 Å². The first-order valence-electron chi connectivity index (χ1n) is 13.5. The van der Waals surface area contributed by atoms with E-state index in [9.17, 15) is 22.8 Å². The molecule has 8 nitrogen and oxygen atoms in total. The van der Waals surface area contributed by atoms with E-state index in [1.807, 2.05) is 7.05 Å². The SMILES string of the molecule is CNC(=O)[C@H]1CCCC[C@H]1Cc1nc(Nc2ccc(C(=O)N(C)C3CCN(C)CC3)cc2)ncc1C(F)(F)F. The van der Waals surface area contributed by atoms with Gasteiger partial charge in [0.1, 0.15) is 0 Å². The molecule has 1 aromatic carbocycles. The molecule has 11 heteroatoms. The van der Waals surface area contributed by atoms with Gasteiger partial charge in [0.05, 0.1) is 11.3 Å². The lowest BCUT2D eigenvalue weighted by Gasteiger charge is -2.35. The van der Waals surface area contributed by atoms with Crippen molar-refractivity contribution in [1.29, 1.82) is 0 Å². The highest BCUT2D eigenvalue weighted by Crippen LogP contribution is 2.37. The van der Waals surface area contributed by atoms with Crippen molar-refractivity contribution in [3.8, 4) is 0 Å². The molecule has 212 valence electrons. The van der Waals surface area contributed by atoms with E-state index < -0.39 is 11.7 Å². The van der Waals surface area contributed by atoms with E-state index in [1.54, 1.807) is 36.2 Å². The Morgan fingerprint density at radius 3 is 2.38 bits per heavy atom. The molecular formula is C28H37F3N6O2. The van der Waals surface area contributed by atoms with Gasteiger partial charge in [-0.2, -0.15) is 13.2 Å². The molecule has 1 aliphatic heterocycles. The molecule has 0 bridgehead atoms. The molecular weight excluding hydrogens is 509 g/mol. The Kier molecular flexibility index (Phi) is 9.09. The molecule has 39 heavy (non-hydrogen) atoms. The van der Waals surface area contributed by atoms with Crippen molar-refractivity contribution in [3.05, 3.63) is 47.3 Å². The number of carbonyl (C=O) groups excluding carboxylic acids is 2. The molecule has 2 atom stereocenters. The quantitative estimate of drug-likeness (QED) is 0.532. The second kappa shape index (κ2) is 12.3. The number of amides is 2. The molecule has 2 aromatic rings. The highest BCUT2D eigenvalue weighted by molar-refractivity contribution is 5.94. The number of rotatable bonds is 7. The van der Waals surface area contributed by atoms with Gasteiger partial charge in [-0.15, -0.1) is 0 Å². The number of halogens is 3. The number of nitrogens with one attached hydrogen (secondary N) is 2. The zero-order chi connectivity index (χ0) is 28.2. The zero-order valence-corrected chi connectivity index (χ0v) is 22.7. The Hall–Kier alpha value is -3.21. The molecule has 2 heterocycles. The molecule has 0 radical (unpaired) electrons. The first-order valence-corrected chi connectivity index (χ1v) is 13.5. The molecule has 1 aliphatic carbocycles. The largest absolute Gasteiger partial charge is 0.419 e. The fourth-order valence-electron chi connectivity index (χ4n) is 5.68. The minimum Gasteiger partial charge on any atom is -0.359 e. The summed E-state index contributed by atoms with van der Waals surface area (Å²) in [5.41, 5.74) is 0.0909. The summed E-state index contributed by atoms with van der Waals surface area (Å²) in [6, 6.07) is 6.96. The predicted molar refractivity (Wildman–Crippen MR) is 143 cm³/mol. The minimum atomic E-state index is -4.60. The third kappa shape index (κ3) is 7.06. The molecule has 4 rings (SSSR count). The lowest BCUT2D eigenvalue weighted by Crippen LogP contribution is -2.44. The van der Waals surface area contributed by atoms with Gasteiger partial charge >= 0.3 is 6.18 Å². The molecule has 2 fully saturated rings. The number of aromatic nitrogens is 2. The number of benzene rings is 1. The third-order valence-corrected chi connectivity index (χ3v) is 8.07. The lowest BCUT2D eigenvalue weighted by atomic mass is 9.76. The Morgan fingerprint density at radius 2 is 1.74 bits per heavy atom. The van der Waals surface area contributed by atoms with E-state index in [2.05, 4.69) is 32.5 Å². The summed E-state index contributed by atoms with van der Waals surface area (Å²) in [6.07, 6.45) is 1.17. The normalized spacial score (nSPS) is 20.9. The summed E-state index contributed by atoms with van der Waals surface area (Å²) < 4.78 is 41.4. The molecule has 2 N–H and O–H groups in total. The molecule has 1 saturated carbocycles. The van der Waals surface area contributed by atoms with E-state index in [4.69, 9.17) is 0 Å². The Balaban J connectivity index is 1.49. The van der Waals surface area contributed by atoms with Crippen molar-refractivity contribution in [2.24, 2.45) is 11.8 Å². The van der Waals surface area contributed by atoms with Crippen molar-refractivity contribution in [3.63, 3.8) is 0 Å². The van der Waals surface area contributed by atoms with Crippen LogP contribution in [0, 0.1) is 11.8 Å². The van der Waals surface area contributed by atoms with Crippen LogP contribution in [0.2, 0.25) is 0 Å². The summed E-state index contributed by atoms with van der Waals surface area (Å²) in [5.74, 6) is -0.741. The van der Waals surface area contributed by atoms with E-state index in [0.29, 0.717) is 24.1 Å². The average molecular weight is 547 g/mol. The highest BCUT2D eigenvalue weighted by atomic mass is 19.4. The second-order valence-corrected chi connectivity index (χ2v) is 10.7. The van der Waals surface area contributed by atoms with Gasteiger partial charge in [-0.1, -0.05) is 12.8 Å². The van der Waals surface area contributed by atoms with Crippen LogP contribution >= 0.6 is 0 Å². The molecule has 1 saturated heterocycles. The first kappa shape index (κ1) is 28.8. The maximum Gasteiger partial charge on any atom is 0.419 e. The summed E-state index contributed by atoms with van der Waals surface area (Å²) in [7, 11) is 5.45. The molecule has 0 spiro atoms.